The molecule has 5 atom stereocenters. The minimum absolute atomic E-state index is 0.103. The average molecular weight is 839 g/mol. The van der Waals surface area contributed by atoms with E-state index < -0.39 is 37.5 Å². The first-order valence-corrected chi connectivity index (χ1v) is 23.4. The topological polar surface area (TPSA) is 201 Å². The van der Waals surface area contributed by atoms with Crippen LogP contribution in [0.25, 0.3) is 0 Å². The third kappa shape index (κ3) is 7.90. The number of hydrogen-bond donors (Lipinski definition) is 6. The largest absolute Gasteiger partial charge is 0.432 e. The maximum absolute atomic E-state index is 15.3. The molecule has 14 heteroatoms. The molecule has 1 fully saturated rings. The normalized spacial score (nSPS) is 21.9. The molecule has 0 saturated carbocycles. The summed E-state index contributed by atoms with van der Waals surface area (Å²) in [5.74, 6) is -1.90. The van der Waals surface area contributed by atoms with E-state index in [4.69, 9.17) is 16.2 Å². The van der Waals surface area contributed by atoms with Crippen LogP contribution in [0.2, 0.25) is 18.6 Å². The van der Waals surface area contributed by atoms with E-state index in [-0.39, 0.29) is 43.2 Å². The van der Waals surface area contributed by atoms with Gasteiger partial charge in [-0.2, -0.15) is 0 Å². The Bertz CT molecular complexity index is 2510. The highest BCUT2D eigenvalue weighted by atomic mass is 28.4. The van der Waals surface area contributed by atoms with Crippen LogP contribution in [0.5, 0.6) is 0 Å². The molecular formula is C47H50N6O7Si. The first kappa shape index (κ1) is 41.4. The maximum Gasteiger partial charge on any atom is 0.264 e. The number of carbonyl (C=O) groups is 4. The summed E-state index contributed by atoms with van der Waals surface area (Å²) in [6.45, 7) is 5.70. The number of nitrogen functional groups attached to an aromatic ring is 2. The zero-order chi connectivity index (χ0) is 43.2. The molecule has 314 valence electrons. The Kier molecular flexibility index (Phi) is 11.0. The molecule has 1 saturated heterocycles. The third-order valence-corrected chi connectivity index (χ3v) is 14.9. The van der Waals surface area contributed by atoms with Gasteiger partial charge in [0.05, 0.1) is 37.4 Å². The third-order valence-electron chi connectivity index (χ3n) is 12.4. The summed E-state index contributed by atoms with van der Waals surface area (Å²) in [5, 5.41) is 16.3. The predicted octanol–water partition coefficient (Wildman–Crippen LogP) is 6.04. The highest BCUT2D eigenvalue weighted by Crippen LogP contribution is 2.60. The SMILES string of the molecule is C[C@@H]1[C@@H]([Si](C)(C)O)[C@H](CC(=O)N2Cc3ccccc3C[C@H]2CO)O[C@@]12C(=O)N(Cc1cccc(NC(=O)c3ccc(N)cc3)c1)c1ccc(NC(=O)c3ccc(N)cc3)cc12. The molecule has 0 aromatic heterocycles. The maximum atomic E-state index is 15.3. The first-order valence-electron chi connectivity index (χ1n) is 20.4. The van der Waals surface area contributed by atoms with E-state index in [2.05, 4.69) is 10.6 Å². The average Bonchev–Trinajstić information content (AvgIpc) is 3.66. The van der Waals surface area contributed by atoms with Gasteiger partial charge in [-0.1, -0.05) is 43.3 Å². The zero-order valence-electron chi connectivity index (χ0n) is 34.3. The number of amides is 4. The van der Waals surface area contributed by atoms with Crippen LogP contribution in [-0.4, -0.2) is 65.5 Å². The van der Waals surface area contributed by atoms with E-state index in [1.807, 2.05) is 37.3 Å². The van der Waals surface area contributed by atoms with Gasteiger partial charge in [0.15, 0.2) is 13.9 Å². The Balaban J connectivity index is 1.14. The van der Waals surface area contributed by atoms with Crippen LogP contribution in [0, 0.1) is 5.92 Å². The van der Waals surface area contributed by atoms with Gasteiger partial charge in [0.2, 0.25) is 5.91 Å². The number of hydrogen-bond acceptors (Lipinski definition) is 9. The second kappa shape index (κ2) is 16.3. The smallest absolute Gasteiger partial charge is 0.264 e. The molecule has 3 aliphatic heterocycles. The van der Waals surface area contributed by atoms with Crippen molar-refractivity contribution in [1.29, 1.82) is 0 Å². The summed E-state index contributed by atoms with van der Waals surface area (Å²) in [6.07, 6.45) is -0.452. The lowest BCUT2D eigenvalue weighted by Crippen LogP contribution is -2.48. The molecule has 3 heterocycles. The Morgan fingerprint density at radius 1 is 0.820 bits per heavy atom. The standard InChI is InChI=1S/C47H50N6O7Si/c1-28-43(61(2,3)59)41(24-42(55)52-26-33-9-5-4-8-32(33)22-38(52)27-54)60-47(28)39-23-37(51-45(57)31-13-17-35(49)18-14-31)19-20-40(39)53(46(47)58)25-29-7-6-10-36(21-29)50-44(56)30-11-15-34(48)16-12-30/h4-21,23,28,38,41,43,54,59H,22,24-27,48-49H2,1-3H3,(H,50,56)(H,51,57)/t28-,38+,41+,43-,47+/m1/s1. The van der Waals surface area contributed by atoms with Crippen LogP contribution in [0.4, 0.5) is 28.4 Å². The molecule has 8 N–H and O–H groups in total. The lowest BCUT2D eigenvalue weighted by molar-refractivity contribution is -0.151. The highest BCUT2D eigenvalue weighted by molar-refractivity contribution is 6.71. The summed E-state index contributed by atoms with van der Waals surface area (Å²) in [6, 6.07) is 33.0. The van der Waals surface area contributed by atoms with E-state index in [1.54, 1.807) is 108 Å². The van der Waals surface area contributed by atoms with Crippen LogP contribution in [0.1, 0.15) is 56.3 Å². The summed E-state index contributed by atoms with van der Waals surface area (Å²) >= 11 is 0. The van der Waals surface area contributed by atoms with Gasteiger partial charge in [-0.3, -0.25) is 19.2 Å². The van der Waals surface area contributed by atoms with Crippen LogP contribution in [0.15, 0.2) is 115 Å². The molecule has 0 aliphatic carbocycles. The van der Waals surface area contributed by atoms with Gasteiger partial charge in [0.25, 0.3) is 17.7 Å². The van der Waals surface area contributed by atoms with Crippen molar-refractivity contribution in [2.45, 2.75) is 69.2 Å². The van der Waals surface area contributed by atoms with Gasteiger partial charge in [0, 0.05) is 57.4 Å². The number of carbonyl (C=O) groups excluding carboxylic acids is 4. The molecule has 5 aromatic carbocycles. The molecule has 4 amide bonds. The Morgan fingerprint density at radius 3 is 2.03 bits per heavy atom. The van der Waals surface area contributed by atoms with Crippen molar-refractivity contribution in [3.63, 3.8) is 0 Å². The Labute approximate surface area is 355 Å². The van der Waals surface area contributed by atoms with E-state index in [9.17, 15) is 24.3 Å². The number of nitrogens with two attached hydrogens (primary N) is 2. The van der Waals surface area contributed by atoms with Gasteiger partial charge in [-0.15, -0.1) is 0 Å². The Hall–Kier alpha value is -6.32. The summed E-state index contributed by atoms with van der Waals surface area (Å²) in [5.41, 5.74) is 16.2. The van der Waals surface area contributed by atoms with Crippen molar-refractivity contribution in [3.8, 4) is 0 Å². The van der Waals surface area contributed by atoms with Crippen molar-refractivity contribution in [3.05, 3.63) is 149 Å². The van der Waals surface area contributed by atoms with Crippen LogP contribution < -0.4 is 27.0 Å². The molecule has 3 aliphatic rings. The molecular weight excluding hydrogens is 789 g/mol. The van der Waals surface area contributed by atoms with Crippen molar-refractivity contribution in [2.75, 3.05) is 33.6 Å². The van der Waals surface area contributed by atoms with Gasteiger partial charge >= 0.3 is 0 Å². The minimum Gasteiger partial charge on any atom is -0.432 e. The second-order valence-electron chi connectivity index (χ2n) is 16.9. The number of aliphatic hydroxyl groups is 1. The number of rotatable bonds is 10. The number of nitrogens with one attached hydrogen (secondary N) is 2. The molecule has 13 nitrogen and oxygen atoms in total. The molecule has 0 bridgehead atoms. The Morgan fingerprint density at radius 2 is 1.43 bits per heavy atom. The van der Waals surface area contributed by atoms with Gasteiger partial charge < -0.3 is 46.5 Å². The minimum atomic E-state index is -3.18. The number of aliphatic hydroxyl groups excluding tert-OH is 1. The van der Waals surface area contributed by atoms with Crippen LogP contribution >= 0.6 is 0 Å². The summed E-state index contributed by atoms with van der Waals surface area (Å²) in [4.78, 5) is 71.5. The lowest BCUT2D eigenvalue weighted by Gasteiger charge is -2.37. The number of nitrogens with zero attached hydrogens (tertiary/aromatic N) is 2. The highest BCUT2D eigenvalue weighted by Gasteiger charge is 2.66. The van der Waals surface area contributed by atoms with Gasteiger partial charge in [0.1, 0.15) is 0 Å². The number of ether oxygens (including phenoxy) is 1. The van der Waals surface area contributed by atoms with Crippen molar-refractivity contribution >= 4 is 60.4 Å². The van der Waals surface area contributed by atoms with Gasteiger partial charge in [-0.25, -0.2) is 0 Å². The number of anilines is 5. The molecule has 61 heavy (non-hydrogen) atoms. The van der Waals surface area contributed by atoms with Gasteiger partial charge in [-0.05, 0) is 115 Å². The first-order chi connectivity index (χ1) is 29.2. The lowest BCUT2D eigenvalue weighted by atomic mass is 9.82. The molecule has 0 unspecified atom stereocenters. The molecule has 5 aromatic rings. The van der Waals surface area contributed by atoms with Crippen molar-refractivity contribution in [2.24, 2.45) is 5.92 Å². The van der Waals surface area contributed by atoms with E-state index in [1.165, 1.54) is 0 Å². The van der Waals surface area contributed by atoms with Crippen molar-refractivity contribution in [1.82, 2.24) is 4.90 Å². The number of benzene rings is 5. The van der Waals surface area contributed by atoms with E-state index in [0.717, 1.165) is 16.7 Å². The second-order valence-corrected chi connectivity index (χ2v) is 20.8. The van der Waals surface area contributed by atoms with Crippen molar-refractivity contribution < 1.29 is 33.8 Å². The summed E-state index contributed by atoms with van der Waals surface area (Å²) < 4.78 is 7.04. The molecule has 1 spiro atoms. The fourth-order valence-corrected chi connectivity index (χ4v) is 12.0. The van der Waals surface area contributed by atoms with E-state index in [0.29, 0.717) is 58.1 Å². The number of fused-ring (bicyclic) bond motifs is 3. The molecule has 8 rings (SSSR count). The fraction of sp³-hybridized carbons (Fsp3) is 0.277. The zero-order valence-corrected chi connectivity index (χ0v) is 35.3. The van der Waals surface area contributed by atoms with E-state index >= 15 is 4.79 Å². The predicted molar refractivity (Wildman–Crippen MR) is 237 cm³/mol. The quantitative estimate of drug-likeness (QED) is 0.0717. The monoisotopic (exact) mass is 838 g/mol. The molecule has 0 radical (unpaired) electrons. The summed E-state index contributed by atoms with van der Waals surface area (Å²) in [7, 11) is -3.18. The van der Waals surface area contributed by atoms with Crippen LogP contribution in [-0.2, 0) is 39.4 Å². The van der Waals surface area contributed by atoms with Crippen LogP contribution in [0.3, 0.4) is 0 Å². The fourth-order valence-electron chi connectivity index (χ4n) is 9.45.